The van der Waals surface area contributed by atoms with Crippen molar-refractivity contribution in [2.75, 3.05) is 96.7 Å². The highest BCUT2D eigenvalue weighted by Gasteiger charge is 2.32. The van der Waals surface area contributed by atoms with Crippen LogP contribution < -0.4 is 27.8 Å². The first-order valence-corrected chi connectivity index (χ1v) is 32.2. The van der Waals surface area contributed by atoms with Crippen molar-refractivity contribution in [1.82, 2.24) is 90.0 Å². The number of piperidine rings is 1. The number of aromatic nitrogens is 12. The third-order valence-electron chi connectivity index (χ3n) is 17.7. The Morgan fingerprint density at radius 1 is 0.490 bits per heavy atom. The van der Waals surface area contributed by atoms with Gasteiger partial charge in [-0.3, -0.25) is 14.4 Å². The zero-order valence-corrected chi connectivity index (χ0v) is 54.5. The zero-order chi connectivity index (χ0) is 69.9. The molecule has 11 N–H and O–H groups in total. The number of nitrogens with two attached hydrogens (primary N) is 3. The number of nitrogens with one attached hydrogen (secondary N) is 5. The fourth-order valence-corrected chi connectivity index (χ4v) is 12.1. The van der Waals surface area contributed by atoms with Gasteiger partial charge in [0.2, 0.25) is 0 Å². The smallest absolute Gasteiger partial charge is 0.382 e. The van der Waals surface area contributed by atoms with E-state index in [9.17, 15) is 31.9 Å². The first-order chi connectivity index (χ1) is 48.2. The van der Waals surface area contributed by atoms with Crippen LogP contribution in [0.3, 0.4) is 0 Å². The van der Waals surface area contributed by atoms with E-state index in [0.29, 0.717) is 119 Å². The molecule has 0 bridgehead atoms. The molecule has 0 atom stereocenters. The highest BCUT2D eigenvalue weighted by molar-refractivity contribution is 5.97. The van der Waals surface area contributed by atoms with Crippen LogP contribution in [0, 0.1) is 18.6 Å². The number of piperazine rings is 2. The van der Waals surface area contributed by atoms with Gasteiger partial charge in [-0.2, -0.15) is 13.2 Å². The molecule has 24 nitrogen and oxygen atoms in total. The normalized spacial score (nSPS) is 14.5. The van der Waals surface area contributed by atoms with Crippen LogP contribution in [0.1, 0.15) is 55.0 Å². The van der Waals surface area contributed by atoms with Crippen molar-refractivity contribution >= 4 is 68.3 Å². The Morgan fingerprint density at radius 2 is 0.940 bits per heavy atom. The largest absolute Gasteiger partial charge is 0.416 e. The minimum absolute atomic E-state index is 0.0152. The van der Waals surface area contributed by atoms with Crippen LogP contribution in [0.25, 0.3) is 101 Å². The van der Waals surface area contributed by atoms with Crippen molar-refractivity contribution in [3.63, 3.8) is 0 Å². The van der Waals surface area contributed by atoms with E-state index in [0.717, 1.165) is 73.3 Å². The third-order valence-corrected chi connectivity index (χ3v) is 17.7. The third kappa shape index (κ3) is 14.3. The molecule has 100 heavy (non-hydrogen) atoms. The van der Waals surface area contributed by atoms with Gasteiger partial charge in [0.25, 0.3) is 17.7 Å². The second-order valence-corrected chi connectivity index (χ2v) is 24.5. The average molecular weight is 1360 g/mol. The van der Waals surface area contributed by atoms with Crippen LogP contribution in [-0.4, -0.2) is 183 Å². The quantitative estimate of drug-likeness (QED) is 0.0590. The molecule has 3 aliphatic heterocycles. The number of fused-ring (bicyclic) bond motifs is 3. The Kier molecular flexibility index (Phi) is 19.0. The molecule has 9 heterocycles. The van der Waals surface area contributed by atoms with Crippen LogP contribution in [0.5, 0.6) is 0 Å². The molecule has 6 aromatic heterocycles. The highest BCUT2D eigenvalue weighted by atomic mass is 19.4. The molecule has 6 aromatic carbocycles. The number of carbonyl (C=O) groups excluding carboxylic acids is 3. The molecule has 3 amide bonds. The number of aromatic amines is 3. The highest BCUT2D eigenvalue weighted by Crippen LogP contribution is 2.35. The van der Waals surface area contributed by atoms with E-state index < -0.39 is 23.4 Å². The Bertz CT molecular complexity index is 5020. The van der Waals surface area contributed by atoms with Crippen LogP contribution in [-0.2, 0) is 6.18 Å². The summed E-state index contributed by atoms with van der Waals surface area (Å²) in [4.78, 5) is 94.7. The number of para-hydroxylation sites is 2. The number of anilines is 3. The number of nitrogen functional groups attached to an aromatic ring is 3. The Balaban J connectivity index is 0.000000135. The van der Waals surface area contributed by atoms with Crippen molar-refractivity contribution in [2.45, 2.75) is 32.0 Å². The molecule has 0 aliphatic carbocycles. The summed E-state index contributed by atoms with van der Waals surface area (Å²) >= 11 is 0. The molecule has 3 saturated heterocycles. The Morgan fingerprint density at radius 3 is 1.42 bits per heavy atom. The summed E-state index contributed by atoms with van der Waals surface area (Å²) in [5, 5.41) is 6.45. The van der Waals surface area contributed by atoms with E-state index in [1.165, 1.54) is 36.7 Å². The maximum absolute atomic E-state index is 15.1. The molecular formula is C71H68F5N21O3. The van der Waals surface area contributed by atoms with Crippen LogP contribution in [0.2, 0.25) is 0 Å². The molecule has 3 fully saturated rings. The number of halogens is 5. The summed E-state index contributed by atoms with van der Waals surface area (Å²) in [6.45, 7) is 9.09. The van der Waals surface area contributed by atoms with Gasteiger partial charge in [0.1, 0.15) is 28.4 Å². The lowest BCUT2D eigenvalue weighted by Crippen LogP contribution is -2.46. The van der Waals surface area contributed by atoms with E-state index in [1.807, 2.05) is 56.3 Å². The topological polar surface area (TPSA) is 330 Å². The molecule has 12 aromatic rings. The van der Waals surface area contributed by atoms with Gasteiger partial charge in [0.05, 0.1) is 74.4 Å². The van der Waals surface area contributed by atoms with Crippen molar-refractivity contribution in [1.29, 1.82) is 0 Å². The molecule has 0 spiro atoms. The summed E-state index contributed by atoms with van der Waals surface area (Å²) in [7, 11) is 4.09. The lowest BCUT2D eigenvalue weighted by Gasteiger charge is -2.35. The lowest BCUT2D eigenvalue weighted by atomic mass is 10.0. The fraction of sp³-hybridized carbons (Fsp3) is 0.239. The van der Waals surface area contributed by atoms with E-state index in [-0.39, 0.29) is 63.3 Å². The number of H-pyrrole nitrogens is 3. The van der Waals surface area contributed by atoms with E-state index in [2.05, 4.69) is 75.3 Å². The van der Waals surface area contributed by atoms with Gasteiger partial charge in [0.15, 0.2) is 40.7 Å². The van der Waals surface area contributed by atoms with Crippen molar-refractivity contribution in [3.05, 3.63) is 179 Å². The number of carbonyl (C=O) groups is 3. The number of hydrogen-bond donors (Lipinski definition) is 8. The zero-order valence-electron chi connectivity index (χ0n) is 54.5. The second-order valence-electron chi connectivity index (χ2n) is 24.5. The summed E-state index contributed by atoms with van der Waals surface area (Å²) < 4.78 is 68.2. The van der Waals surface area contributed by atoms with Gasteiger partial charge in [-0.15, -0.1) is 0 Å². The molecule has 29 heteroatoms. The second kappa shape index (κ2) is 28.4. The number of nitrogens with zero attached hydrogens (tertiary/aromatic N) is 13. The summed E-state index contributed by atoms with van der Waals surface area (Å²) in [6, 6.07) is 33.0. The van der Waals surface area contributed by atoms with Crippen LogP contribution in [0.15, 0.2) is 140 Å². The molecule has 510 valence electrons. The van der Waals surface area contributed by atoms with E-state index in [1.54, 1.807) is 70.6 Å². The lowest BCUT2D eigenvalue weighted by molar-refractivity contribution is -0.137. The summed E-state index contributed by atoms with van der Waals surface area (Å²) in [5.41, 5.74) is 27.1. The molecule has 0 unspecified atom stereocenters. The Hall–Kier alpha value is -11.7. The summed E-state index contributed by atoms with van der Waals surface area (Å²) in [6.07, 6.45) is 1.85. The van der Waals surface area contributed by atoms with E-state index in [4.69, 9.17) is 17.2 Å². The minimum atomic E-state index is -4.46. The maximum Gasteiger partial charge on any atom is 0.416 e. The fourth-order valence-electron chi connectivity index (χ4n) is 12.1. The van der Waals surface area contributed by atoms with E-state index >= 15 is 4.39 Å². The standard InChI is InChI=1S/C26H28FN7O.C23H20F3N7O.C22H20FN7O/c1-15-5-4-6-20-22(15)32-25(31-20)23-24(28)29-14-21(30-23)16-7-8-18(19(27)13-16)26(35)34-11-9-17(10-12-34)33(2)3;24-23(25,26)15-5-6-16-17(11-15)32-21(31-16)19-20(27)29-12-18(30-19)13-1-3-14(4-2-13)22(34)33-9-7-28-8-10-33;23-15-2-1-3-16-18(15)29-21(28-16)19-20(24)26-12-17(27-19)13-4-6-14(7-5-13)22(31)30-10-8-25-9-11-30/h4-8,13-14,17H,9-12H2,1-3H3,(H2,28,29)(H,31,32);1-6,11-12,28H,7-10H2,(H2,27,29)(H,31,32);1-7,12,25H,8-11H2,(H2,24,26)(H,28,29). The average Bonchev–Trinajstić information content (AvgIpc) is 1.59. The minimum Gasteiger partial charge on any atom is -0.382 e. The first-order valence-electron chi connectivity index (χ1n) is 32.2. The molecule has 0 radical (unpaired) electrons. The predicted octanol–water partition coefficient (Wildman–Crippen LogP) is 9.67. The first kappa shape index (κ1) is 66.9. The van der Waals surface area contributed by atoms with Gasteiger partial charge in [0, 0.05) is 99.3 Å². The maximum atomic E-state index is 15.1. The van der Waals surface area contributed by atoms with Crippen LogP contribution >= 0.6 is 0 Å². The van der Waals surface area contributed by atoms with Crippen LogP contribution in [0.4, 0.5) is 39.4 Å². The SMILES string of the molecule is Cc1cccc2[nH]c(-c3nc(-c4ccc(C(=O)N5CCC(N(C)C)CC5)c(F)c4)cnc3N)nc12.Nc1ncc(-c2ccc(C(=O)N3CCNCC3)cc2)nc1-c1nc2c(F)cccc2[nH]1.Nc1ncc(-c2ccc(C(=O)N3CCNCC3)cc2)nc1-c1nc2ccc(C(F)(F)F)cc2[nH]1. The van der Waals surface area contributed by atoms with Crippen molar-refractivity contribution in [3.8, 4) is 68.3 Å². The number of rotatable bonds is 10. The van der Waals surface area contributed by atoms with Gasteiger partial charge < -0.3 is 62.4 Å². The molecular weight excluding hydrogens is 1290 g/mol. The molecule has 3 aliphatic rings. The molecule has 0 saturated carbocycles. The van der Waals surface area contributed by atoms with Gasteiger partial charge in [-0.25, -0.2) is 53.6 Å². The number of amides is 3. The predicted molar refractivity (Wildman–Crippen MR) is 371 cm³/mol. The van der Waals surface area contributed by atoms with Gasteiger partial charge in [-0.1, -0.05) is 48.5 Å². The monoisotopic (exact) mass is 1360 g/mol. The van der Waals surface area contributed by atoms with Gasteiger partial charge >= 0.3 is 6.18 Å². The summed E-state index contributed by atoms with van der Waals surface area (Å²) in [5.74, 6) is 0.247. The number of hydrogen-bond acceptors (Lipinski definition) is 18. The number of likely N-dealkylation sites (tertiary alicyclic amines) is 1. The Labute approximate surface area is 568 Å². The number of aryl methyl sites for hydroxylation is 1. The van der Waals surface area contributed by atoms with Crippen molar-refractivity contribution in [2.24, 2.45) is 0 Å². The number of imidazole rings is 3. The van der Waals surface area contributed by atoms with Crippen molar-refractivity contribution < 1.29 is 36.3 Å². The number of benzene rings is 6. The van der Waals surface area contributed by atoms with Gasteiger partial charge in [-0.05, 0) is 112 Å². The number of alkyl halides is 3. The molecule has 15 rings (SSSR count).